The quantitative estimate of drug-likeness (QED) is 0.590. The van der Waals surface area contributed by atoms with Gasteiger partial charge in [0, 0.05) is 18.8 Å². The van der Waals surface area contributed by atoms with E-state index in [-0.39, 0.29) is 12.1 Å². The molecule has 0 saturated heterocycles. The minimum Gasteiger partial charge on any atom is -0.462 e. The maximum atomic E-state index is 11.3. The third kappa shape index (κ3) is 3.46. The third-order valence-corrected chi connectivity index (χ3v) is 3.94. The van der Waals surface area contributed by atoms with Crippen molar-refractivity contribution in [2.45, 2.75) is 45.6 Å². The van der Waals surface area contributed by atoms with Crippen molar-refractivity contribution in [1.29, 1.82) is 0 Å². The SMILES string of the molecule is CC(=O)O[C@@H]1CCC(C)=C[C@H](c2ccccc2)[C@@H]1C. The summed E-state index contributed by atoms with van der Waals surface area (Å²) in [6.45, 7) is 5.84. The predicted molar refractivity (Wildman–Crippen MR) is 76.9 cm³/mol. The number of hydrogen-bond acceptors (Lipinski definition) is 2. The zero-order chi connectivity index (χ0) is 13.8. The van der Waals surface area contributed by atoms with Gasteiger partial charge in [-0.1, -0.05) is 48.9 Å². The molecule has 1 aromatic rings. The third-order valence-electron chi connectivity index (χ3n) is 3.94. The number of hydrogen-bond donors (Lipinski definition) is 0. The summed E-state index contributed by atoms with van der Waals surface area (Å²) in [7, 11) is 0. The second-order valence-corrected chi connectivity index (χ2v) is 5.50. The molecule has 0 aliphatic heterocycles. The largest absolute Gasteiger partial charge is 0.462 e. The highest BCUT2D eigenvalue weighted by molar-refractivity contribution is 5.66. The Kier molecular flexibility index (Phi) is 4.41. The van der Waals surface area contributed by atoms with Crippen molar-refractivity contribution in [3.63, 3.8) is 0 Å². The fraction of sp³-hybridized carbons (Fsp3) is 0.471. The number of allylic oxidation sites excluding steroid dienone is 2. The molecule has 1 aliphatic rings. The molecule has 0 fully saturated rings. The lowest BCUT2D eigenvalue weighted by Gasteiger charge is -2.27. The van der Waals surface area contributed by atoms with E-state index in [0.29, 0.717) is 11.8 Å². The first-order valence-electron chi connectivity index (χ1n) is 6.97. The summed E-state index contributed by atoms with van der Waals surface area (Å²) in [6, 6.07) is 10.5. The Morgan fingerprint density at radius 1 is 1.26 bits per heavy atom. The van der Waals surface area contributed by atoms with Gasteiger partial charge in [-0.3, -0.25) is 4.79 Å². The van der Waals surface area contributed by atoms with E-state index < -0.39 is 0 Å². The van der Waals surface area contributed by atoms with Crippen LogP contribution in [-0.4, -0.2) is 12.1 Å². The Morgan fingerprint density at radius 3 is 2.58 bits per heavy atom. The smallest absolute Gasteiger partial charge is 0.302 e. The van der Waals surface area contributed by atoms with Crippen LogP contribution < -0.4 is 0 Å². The molecular formula is C17H22O2. The van der Waals surface area contributed by atoms with Crippen molar-refractivity contribution in [2.24, 2.45) is 5.92 Å². The summed E-state index contributed by atoms with van der Waals surface area (Å²) in [5, 5.41) is 0. The van der Waals surface area contributed by atoms with Gasteiger partial charge < -0.3 is 4.74 Å². The highest BCUT2D eigenvalue weighted by Crippen LogP contribution is 2.36. The fourth-order valence-electron chi connectivity index (χ4n) is 2.86. The maximum Gasteiger partial charge on any atom is 0.302 e. The molecule has 1 aromatic carbocycles. The molecular weight excluding hydrogens is 236 g/mol. The molecule has 0 unspecified atom stereocenters. The van der Waals surface area contributed by atoms with Crippen molar-refractivity contribution in [1.82, 2.24) is 0 Å². The Bertz CT molecular complexity index is 461. The van der Waals surface area contributed by atoms with E-state index in [4.69, 9.17) is 4.74 Å². The highest BCUT2D eigenvalue weighted by Gasteiger charge is 2.30. The molecule has 102 valence electrons. The molecule has 2 rings (SSSR count). The van der Waals surface area contributed by atoms with Gasteiger partial charge in [-0.15, -0.1) is 0 Å². The second kappa shape index (κ2) is 6.05. The zero-order valence-electron chi connectivity index (χ0n) is 11.9. The van der Waals surface area contributed by atoms with E-state index in [9.17, 15) is 4.79 Å². The Hall–Kier alpha value is -1.57. The first-order valence-corrected chi connectivity index (χ1v) is 6.97. The molecule has 0 bridgehead atoms. The highest BCUT2D eigenvalue weighted by atomic mass is 16.5. The van der Waals surface area contributed by atoms with Crippen LogP contribution in [0.1, 0.15) is 45.1 Å². The molecule has 0 aromatic heterocycles. The molecule has 0 spiro atoms. The van der Waals surface area contributed by atoms with Crippen LogP contribution in [0.3, 0.4) is 0 Å². The number of carbonyl (C=O) groups is 1. The van der Waals surface area contributed by atoms with Crippen LogP contribution in [0.15, 0.2) is 42.0 Å². The minimum atomic E-state index is -0.178. The zero-order valence-corrected chi connectivity index (χ0v) is 11.9. The Labute approximate surface area is 115 Å². The second-order valence-electron chi connectivity index (χ2n) is 5.50. The lowest BCUT2D eigenvalue weighted by molar-refractivity contribution is -0.149. The van der Waals surface area contributed by atoms with Crippen LogP contribution in [0, 0.1) is 5.92 Å². The molecule has 0 amide bonds. The van der Waals surface area contributed by atoms with Crippen molar-refractivity contribution in [2.75, 3.05) is 0 Å². The standard InChI is InChI=1S/C17H22O2/c1-12-9-10-17(19-14(3)18)13(2)16(11-12)15-7-5-4-6-8-15/h4-8,11,13,16-17H,9-10H2,1-3H3/t13-,16-,17+/m0/s1. The Balaban J connectivity index is 2.27. The fourth-order valence-corrected chi connectivity index (χ4v) is 2.86. The lowest BCUT2D eigenvalue weighted by atomic mass is 9.83. The molecule has 0 heterocycles. The monoisotopic (exact) mass is 258 g/mol. The van der Waals surface area contributed by atoms with Gasteiger partial charge >= 0.3 is 5.97 Å². The number of esters is 1. The summed E-state index contributed by atoms with van der Waals surface area (Å²) in [4.78, 5) is 11.3. The number of carbonyl (C=O) groups excluding carboxylic acids is 1. The van der Waals surface area contributed by atoms with Crippen LogP contribution >= 0.6 is 0 Å². The van der Waals surface area contributed by atoms with E-state index in [2.05, 4.69) is 44.2 Å². The number of ether oxygens (including phenoxy) is 1. The minimum absolute atomic E-state index is 0.0106. The van der Waals surface area contributed by atoms with Gasteiger partial charge in [-0.05, 0) is 25.3 Å². The molecule has 19 heavy (non-hydrogen) atoms. The maximum absolute atomic E-state index is 11.3. The van der Waals surface area contributed by atoms with Crippen LogP contribution in [0.4, 0.5) is 0 Å². The average Bonchev–Trinajstić information content (AvgIpc) is 2.52. The van der Waals surface area contributed by atoms with E-state index >= 15 is 0 Å². The van der Waals surface area contributed by atoms with Crippen LogP contribution in [0.2, 0.25) is 0 Å². The molecule has 0 N–H and O–H groups in total. The van der Waals surface area contributed by atoms with Gasteiger partial charge in [0.2, 0.25) is 0 Å². The van der Waals surface area contributed by atoms with Gasteiger partial charge in [0.1, 0.15) is 6.10 Å². The van der Waals surface area contributed by atoms with Crippen molar-refractivity contribution in [3.05, 3.63) is 47.5 Å². The van der Waals surface area contributed by atoms with Gasteiger partial charge in [0.05, 0.1) is 0 Å². The van der Waals surface area contributed by atoms with E-state index in [1.807, 2.05) is 6.07 Å². The lowest BCUT2D eigenvalue weighted by Crippen LogP contribution is -2.27. The summed E-state index contributed by atoms with van der Waals surface area (Å²) in [5.41, 5.74) is 2.68. The van der Waals surface area contributed by atoms with E-state index in [1.165, 1.54) is 18.1 Å². The molecule has 0 saturated carbocycles. The van der Waals surface area contributed by atoms with Gasteiger partial charge in [0.15, 0.2) is 0 Å². The average molecular weight is 258 g/mol. The van der Waals surface area contributed by atoms with Crippen molar-refractivity contribution < 1.29 is 9.53 Å². The topological polar surface area (TPSA) is 26.3 Å². The van der Waals surface area contributed by atoms with E-state index in [0.717, 1.165) is 12.8 Å². The molecule has 1 aliphatic carbocycles. The predicted octanol–water partition coefficient (Wildman–Crippen LogP) is 4.08. The van der Waals surface area contributed by atoms with Gasteiger partial charge in [-0.2, -0.15) is 0 Å². The summed E-state index contributed by atoms with van der Waals surface area (Å²) in [6.07, 6.45) is 4.28. The molecule has 0 radical (unpaired) electrons. The summed E-state index contributed by atoms with van der Waals surface area (Å²) < 4.78 is 5.51. The van der Waals surface area contributed by atoms with Crippen LogP contribution in [0.25, 0.3) is 0 Å². The molecule has 3 atom stereocenters. The first-order chi connectivity index (χ1) is 9.08. The van der Waals surface area contributed by atoms with E-state index in [1.54, 1.807) is 0 Å². The van der Waals surface area contributed by atoms with Crippen LogP contribution in [-0.2, 0) is 9.53 Å². The van der Waals surface area contributed by atoms with Gasteiger partial charge in [0.25, 0.3) is 0 Å². The summed E-state index contributed by atoms with van der Waals surface area (Å²) in [5.74, 6) is 0.458. The summed E-state index contributed by atoms with van der Waals surface area (Å²) >= 11 is 0. The normalized spacial score (nSPS) is 27.3. The Morgan fingerprint density at radius 2 is 1.95 bits per heavy atom. The molecule has 2 heteroatoms. The van der Waals surface area contributed by atoms with Crippen molar-refractivity contribution >= 4 is 5.97 Å². The van der Waals surface area contributed by atoms with Crippen LogP contribution in [0.5, 0.6) is 0 Å². The van der Waals surface area contributed by atoms with Crippen molar-refractivity contribution in [3.8, 4) is 0 Å². The van der Waals surface area contributed by atoms with Gasteiger partial charge in [-0.25, -0.2) is 0 Å². The number of benzene rings is 1. The number of rotatable bonds is 2. The molecule has 2 nitrogen and oxygen atoms in total. The first kappa shape index (κ1) is 13.9.